The molecule has 0 aromatic carbocycles. The Hall–Kier alpha value is -0.340. The Kier molecular flexibility index (Phi) is 13.8. The van der Waals surface area contributed by atoms with Crippen molar-refractivity contribution in [2.45, 2.75) is 40.2 Å². The predicted octanol–water partition coefficient (Wildman–Crippen LogP) is 2.48. The predicted molar refractivity (Wildman–Crippen MR) is 110 cm³/mol. The quantitative estimate of drug-likeness (QED) is 0.201. The zero-order valence-electron chi connectivity index (χ0n) is 15.2. The van der Waals surface area contributed by atoms with E-state index in [4.69, 9.17) is 9.73 Å². The van der Waals surface area contributed by atoms with Gasteiger partial charge >= 0.3 is 0 Å². The molecule has 1 atom stereocenters. The highest BCUT2D eigenvalue weighted by atomic mass is 127. The van der Waals surface area contributed by atoms with Crippen molar-refractivity contribution < 1.29 is 4.74 Å². The lowest BCUT2D eigenvalue weighted by molar-refractivity contribution is 0.00867. The van der Waals surface area contributed by atoms with Crippen molar-refractivity contribution in [3.63, 3.8) is 0 Å². The standard InChI is InChI=1S/C17H34N4O.HI/c1-5-7-8-9-19-17(18-6-2)20-14-16(15(3)4)21-10-12-22-13-11-21;/h5,7,15-16H,6,8-14H2,1-4H3,(H2,18,19,20);1H. The maximum atomic E-state index is 5.46. The van der Waals surface area contributed by atoms with Gasteiger partial charge in [-0.05, 0) is 26.2 Å². The SMILES string of the molecule is CC=CCCNC(=NCC(C(C)C)N1CCOCC1)NCC.I. The summed E-state index contributed by atoms with van der Waals surface area (Å²) in [6.45, 7) is 15.1. The third-order valence-corrected chi connectivity index (χ3v) is 3.90. The molecule has 0 radical (unpaired) electrons. The lowest BCUT2D eigenvalue weighted by Gasteiger charge is -2.36. The lowest BCUT2D eigenvalue weighted by Crippen LogP contribution is -2.48. The van der Waals surface area contributed by atoms with Crippen LogP contribution < -0.4 is 10.6 Å². The first kappa shape index (κ1) is 22.7. The molecule has 1 fully saturated rings. The van der Waals surface area contributed by atoms with Crippen molar-refractivity contribution in [1.82, 2.24) is 15.5 Å². The largest absolute Gasteiger partial charge is 0.379 e. The van der Waals surface area contributed by atoms with Crippen LogP contribution in [-0.2, 0) is 4.74 Å². The summed E-state index contributed by atoms with van der Waals surface area (Å²) in [6.07, 6.45) is 5.28. The van der Waals surface area contributed by atoms with Crippen molar-refractivity contribution in [2.75, 3.05) is 45.9 Å². The molecule has 1 unspecified atom stereocenters. The Morgan fingerprint density at radius 2 is 1.96 bits per heavy atom. The zero-order valence-corrected chi connectivity index (χ0v) is 17.5. The second-order valence-electron chi connectivity index (χ2n) is 5.96. The molecule has 5 nitrogen and oxygen atoms in total. The van der Waals surface area contributed by atoms with Gasteiger partial charge in [-0.3, -0.25) is 9.89 Å². The van der Waals surface area contributed by atoms with Gasteiger partial charge in [0.25, 0.3) is 0 Å². The number of halogens is 1. The number of nitrogens with one attached hydrogen (secondary N) is 2. The summed E-state index contributed by atoms with van der Waals surface area (Å²) in [4.78, 5) is 7.31. The van der Waals surface area contributed by atoms with E-state index in [1.807, 2.05) is 0 Å². The topological polar surface area (TPSA) is 48.9 Å². The van der Waals surface area contributed by atoms with Crippen LogP contribution in [0.5, 0.6) is 0 Å². The molecule has 1 rings (SSSR count). The second kappa shape index (κ2) is 14.0. The number of morpholine rings is 1. The smallest absolute Gasteiger partial charge is 0.191 e. The first-order valence-electron chi connectivity index (χ1n) is 8.64. The molecular formula is C17H35IN4O. The van der Waals surface area contributed by atoms with Gasteiger partial charge in [-0.25, -0.2) is 0 Å². The van der Waals surface area contributed by atoms with Crippen LogP contribution in [0.15, 0.2) is 17.1 Å². The van der Waals surface area contributed by atoms with Gasteiger partial charge in [0.05, 0.1) is 19.8 Å². The Balaban J connectivity index is 0.00000484. The van der Waals surface area contributed by atoms with Crippen LogP contribution in [0.4, 0.5) is 0 Å². The molecule has 0 spiro atoms. The second-order valence-corrected chi connectivity index (χ2v) is 5.96. The monoisotopic (exact) mass is 438 g/mol. The number of ether oxygens (including phenoxy) is 1. The molecule has 0 aromatic rings. The van der Waals surface area contributed by atoms with Gasteiger partial charge in [-0.2, -0.15) is 0 Å². The van der Waals surface area contributed by atoms with Gasteiger partial charge in [0.1, 0.15) is 0 Å². The van der Waals surface area contributed by atoms with E-state index < -0.39 is 0 Å². The van der Waals surface area contributed by atoms with E-state index >= 15 is 0 Å². The molecule has 0 amide bonds. The fourth-order valence-electron chi connectivity index (χ4n) is 2.62. The molecule has 0 aromatic heterocycles. The summed E-state index contributed by atoms with van der Waals surface area (Å²) in [5.41, 5.74) is 0. The minimum absolute atomic E-state index is 0. The zero-order chi connectivity index (χ0) is 16.2. The molecule has 0 saturated carbocycles. The highest BCUT2D eigenvalue weighted by molar-refractivity contribution is 14.0. The summed E-state index contributed by atoms with van der Waals surface area (Å²) >= 11 is 0. The van der Waals surface area contributed by atoms with Crippen LogP contribution in [0.25, 0.3) is 0 Å². The summed E-state index contributed by atoms with van der Waals surface area (Å²) in [5.74, 6) is 1.51. The van der Waals surface area contributed by atoms with Crippen molar-refractivity contribution in [3.8, 4) is 0 Å². The van der Waals surface area contributed by atoms with Crippen LogP contribution in [0.2, 0.25) is 0 Å². The number of guanidine groups is 1. The van der Waals surface area contributed by atoms with Gasteiger partial charge < -0.3 is 15.4 Å². The summed E-state index contributed by atoms with van der Waals surface area (Å²) < 4.78 is 5.46. The van der Waals surface area contributed by atoms with Gasteiger partial charge in [0, 0.05) is 32.2 Å². The van der Waals surface area contributed by atoms with Crippen LogP contribution in [0.1, 0.15) is 34.1 Å². The van der Waals surface area contributed by atoms with Crippen molar-refractivity contribution in [2.24, 2.45) is 10.9 Å². The van der Waals surface area contributed by atoms with E-state index in [2.05, 4.69) is 55.4 Å². The van der Waals surface area contributed by atoms with Crippen LogP contribution in [-0.4, -0.2) is 62.8 Å². The maximum absolute atomic E-state index is 5.46. The lowest BCUT2D eigenvalue weighted by atomic mass is 10.0. The number of hydrogen-bond donors (Lipinski definition) is 2. The summed E-state index contributed by atoms with van der Waals surface area (Å²) in [5, 5.41) is 6.73. The molecular weight excluding hydrogens is 403 g/mol. The molecule has 1 saturated heterocycles. The summed E-state index contributed by atoms with van der Waals surface area (Å²) in [6, 6.07) is 0.481. The fourth-order valence-corrected chi connectivity index (χ4v) is 2.62. The molecule has 0 aliphatic carbocycles. The van der Waals surface area contributed by atoms with E-state index in [9.17, 15) is 0 Å². The Labute approximate surface area is 159 Å². The van der Waals surface area contributed by atoms with Crippen LogP contribution in [0.3, 0.4) is 0 Å². The molecule has 23 heavy (non-hydrogen) atoms. The van der Waals surface area contributed by atoms with E-state index in [1.54, 1.807) is 0 Å². The van der Waals surface area contributed by atoms with E-state index in [0.29, 0.717) is 12.0 Å². The highest BCUT2D eigenvalue weighted by Crippen LogP contribution is 2.13. The van der Waals surface area contributed by atoms with Crippen LogP contribution in [0, 0.1) is 5.92 Å². The molecule has 0 bridgehead atoms. The molecule has 1 heterocycles. The van der Waals surface area contributed by atoms with E-state index in [0.717, 1.165) is 58.3 Å². The van der Waals surface area contributed by atoms with Gasteiger partial charge in [-0.15, -0.1) is 24.0 Å². The van der Waals surface area contributed by atoms with E-state index in [-0.39, 0.29) is 24.0 Å². The first-order chi connectivity index (χ1) is 10.7. The number of aliphatic imine (C=N–C) groups is 1. The Bertz CT molecular complexity index is 341. The molecule has 136 valence electrons. The number of hydrogen-bond acceptors (Lipinski definition) is 3. The van der Waals surface area contributed by atoms with E-state index in [1.165, 1.54) is 0 Å². The number of rotatable bonds is 8. The van der Waals surface area contributed by atoms with Gasteiger partial charge in [-0.1, -0.05) is 26.0 Å². The third kappa shape index (κ3) is 9.52. The van der Waals surface area contributed by atoms with Crippen LogP contribution >= 0.6 is 24.0 Å². The Morgan fingerprint density at radius 1 is 1.26 bits per heavy atom. The first-order valence-corrected chi connectivity index (χ1v) is 8.64. The minimum Gasteiger partial charge on any atom is -0.379 e. The number of allylic oxidation sites excluding steroid dienone is 1. The normalized spacial score (nSPS) is 18.0. The summed E-state index contributed by atoms with van der Waals surface area (Å²) in [7, 11) is 0. The Morgan fingerprint density at radius 3 is 2.52 bits per heavy atom. The highest BCUT2D eigenvalue weighted by Gasteiger charge is 2.23. The van der Waals surface area contributed by atoms with Crippen molar-refractivity contribution in [1.29, 1.82) is 0 Å². The maximum Gasteiger partial charge on any atom is 0.191 e. The molecule has 1 aliphatic heterocycles. The van der Waals surface area contributed by atoms with Gasteiger partial charge in [0.2, 0.25) is 0 Å². The fraction of sp³-hybridized carbons (Fsp3) is 0.824. The van der Waals surface area contributed by atoms with Crippen molar-refractivity contribution >= 4 is 29.9 Å². The third-order valence-electron chi connectivity index (χ3n) is 3.90. The molecule has 2 N–H and O–H groups in total. The average molecular weight is 438 g/mol. The molecule has 1 aliphatic rings. The number of nitrogens with zero attached hydrogens (tertiary/aromatic N) is 2. The minimum atomic E-state index is 0. The van der Waals surface area contributed by atoms with Gasteiger partial charge in [0.15, 0.2) is 5.96 Å². The average Bonchev–Trinajstić information content (AvgIpc) is 2.52. The van der Waals surface area contributed by atoms with Crippen molar-refractivity contribution in [3.05, 3.63) is 12.2 Å². The molecule has 6 heteroatoms.